The molecule has 0 spiro atoms. The molecule has 1 aromatic carbocycles. The van der Waals surface area contributed by atoms with Crippen molar-refractivity contribution < 1.29 is 19.0 Å². The van der Waals surface area contributed by atoms with E-state index in [4.69, 9.17) is 4.74 Å². The summed E-state index contributed by atoms with van der Waals surface area (Å²) in [4.78, 5) is 14.1. The Morgan fingerprint density at radius 3 is 3.09 bits per heavy atom. The maximum atomic E-state index is 12.4. The number of carbonyl (C=O) groups excluding carboxylic acids is 1. The van der Waals surface area contributed by atoms with E-state index in [1.165, 1.54) is 0 Å². The number of halogens is 1. The highest BCUT2D eigenvalue weighted by atomic mass is 19.1. The zero-order chi connectivity index (χ0) is 15.9. The number of hydrogen-bond donors (Lipinski definition) is 2. The summed E-state index contributed by atoms with van der Waals surface area (Å²) < 4.78 is 17.3. The van der Waals surface area contributed by atoms with Gasteiger partial charge in [0.15, 0.2) is 0 Å². The molecule has 2 amide bonds. The van der Waals surface area contributed by atoms with E-state index >= 15 is 0 Å². The number of anilines is 1. The predicted molar refractivity (Wildman–Crippen MR) is 82.9 cm³/mol. The van der Waals surface area contributed by atoms with Gasteiger partial charge in [-0.05, 0) is 30.9 Å². The molecule has 2 rings (SSSR count). The molecule has 0 aromatic heterocycles. The summed E-state index contributed by atoms with van der Waals surface area (Å²) in [5.41, 5.74) is 0.594. The Morgan fingerprint density at radius 2 is 2.36 bits per heavy atom. The van der Waals surface area contributed by atoms with Crippen LogP contribution in [0.3, 0.4) is 0 Å². The van der Waals surface area contributed by atoms with E-state index in [2.05, 4.69) is 5.32 Å². The van der Waals surface area contributed by atoms with Crippen molar-refractivity contribution in [3.8, 4) is 5.75 Å². The summed E-state index contributed by atoms with van der Waals surface area (Å²) in [5, 5.41) is 12.3. The molecule has 2 unspecified atom stereocenters. The van der Waals surface area contributed by atoms with Gasteiger partial charge in [0, 0.05) is 18.3 Å². The van der Waals surface area contributed by atoms with Gasteiger partial charge in [0.1, 0.15) is 19.0 Å². The Kier molecular flexibility index (Phi) is 6.00. The molecular formula is C16H23FN2O3. The molecule has 0 radical (unpaired) electrons. The Hall–Kier alpha value is -1.82. The van der Waals surface area contributed by atoms with Crippen LogP contribution >= 0.6 is 0 Å². The molecule has 1 aromatic rings. The van der Waals surface area contributed by atoms with Gasteiger partial charge in [0.2, 0.25) is 0 Å². The van der Waals surface area contributed by atoms with Gasteiger partial charge in [-0.2, -0.15) is 0 Å². The highest BCUT2D eigenvalue weighted by Crippen LogP contribution is 2.24. The van der Waals surface area contributed by atoms with Gasteiger partial charge in [-0.15, -0.1) is 0 Å². The number of ether oxygens (including phenoxy) is 1. The Balaban J connectivity index is 2.01. The van der Waals surface area contributed by atoms with E-state index in [9.17, 15) is 14.3 Å². The average Bonchev–Trinajstić information content (AvgIpc) is 2.53. The summed E-state index contributed by atoms with van der Waals surface area (Å²) in [6.07, 6.45) is 1.95. The standard InChI is InChI=1S/C16H23FN2O3/c1-12-4-3-8-19(15(12)11-20)16(21)18-13-5-2-6-14(10-13)22-9-7-17/h2,5-6,10,12,15,20H,3-4,7-9,11H2,1H3,(H,18,21). The second-order valence-corrected chi connectivity index (χ2v) is 5.56. The van der Waals surface area contributed by atoms with Crippen molar-refractivity contribution in [1.82, 2.24) is 4.90 Å². The number of alkyl halides is 1. The first kappa shape index (κ1) is 16.5. The van der Waals surface area contributed by atoms with Crippen LogP contribution < -0.4 is 10.1 Å². The molecule has 1 fully saturated rings. The highest BCUT2D eigenvalue weighted by Gasteiger charge is 2.31. The number of nitrogens with zero attached hydrogens (tertiary/aromatic N) is 1. The molecule has 0 aliphatic carbocycles. The lowest BCUT2D eigenvalue weighted by atomic mass is 9.91. The van der Waals surface area contributed by atoms with Crippen molar-refractivity contribution in [2.45, 2.75) is 25.8 Å². The van der Waals surface area contributed by atoms with Gasteiger partial charge in [0.05, 0.1) is 12.6 Å². The molecule has 6 heteroatoms. The molecule has 1 saturated heterocycles. The smallest absolute Gasteiger partial charge is 0.322 e. The number of carbonyl (C=O) groups is 1. The molecule has 2 N–H and O–H groups in total. The first-order valence-electron chi connectivity index (χ1n) is 7.63. The lowest BCUT2D eigenvalue weighted by molar-refractivity contribution is 0.0811. The van der Waals surface area contributed by atoms with E-state index in [0.29, 0.717) is 18.0 Å². The lowest BCUT2D eigenvalue weighted by Crippen LogP contribution is -2.51. The summed E-state index contributed by atoms with van der Waals surface area (Å²) in [5.74, 6) is 0.796. The van der Waals surface area contributed by atoms with Gasteiger partial charge in [0.25, 0.3) is 0 Å². The number of benzene rings is 1. The van der Waals surface area contributed by atoms with E-state index in [1.807, 2.05) is 6.92 Å². The van der Waals surface area contributed by atoms with Crippen LogP contribution in [0.25, 0.3) is 0 Å². The fourth-order valence-electron chi connectivity index (χ4n) is 2.80. The molecule has 22 heavy (non-hydrogen) atoms. The Bertz CT molecular complexity index is 498. The van der Waals surface area contributed by atoms with Crippen LogP contribution in [0.1, 0.15) is 19.8 Å². The zero-order valence-corrected chi connectivity index (χ0v) is 12.8. The van der Waals surface area contributed by atoms with Crippen molar-refractivity contribution in [3.63, 3.8) is 0 Å². The fraction of sp³-hybridized carbons (Fsp3) is 0.562. The highest BCUT2D eigenvalue weighted by molar-refractivity contribution is 5.89. The third kappa shape index (κ3) is 4.10. The molecular weight excluding hydrogens is 287 g/mol. The number of rotatable bonds is 5. The molecule has 1 heterocycles. The minimum absolute atomic E-state index is 0.00632. The normalized spacial score (nSPS) is 21.5. The summed E-state index contributed by atoms with van der Waals surface area (Å²) in [7, 11) is 0. The molecule has 0 saturated carbocycles. The number of aliphatic hydroxyl groups is 1. The molecule has 2 atom stereocenters. The molecule has 5 nitrogen and oxygen atoms in total. The SMILES string of the molecule is CC1CCCN(C(=O)Nc2cccc(OCCF)c2)C1CO. The van der Waals surface area contributed by atoms with E-state index in [1.54, 1.807) is 29.2 Å². The van der Waals surface area contributed by atoms with Gasteiger partial charge < -0.3 is 20.1 Å². The lowest BCUT2D eigenvalue weighted by Gasteiger charge is -2.38. The second kappa shape index (κ2) is 7.98. The third-order valence-corrected chi connectivity index (χ3v) is 3.99. The van der Waals surface area contributed by atoms with Crippen LogP contribution in [0, 0.1) is 5.92 Å². The van der Waals surface area contributed by atoms with E-state index < -0.39 is 6.67 Å². The maximum absolute atomic E-state index is 12.4. The van der Waals surface area contributed by atoms with Crippen LogP contribution in [0.4, 0.5) is 14.9 Å². The van der Waals surface area contributed by atoms with Gasteiger partial charge in [-0.25, -0.2) is 9.18 Å². The van der Waals surface area contributed by atoms with Crippen molar-refractivity contribution in [2.24, 2.45) is 5.92 Å². The van der Waals surface area contributed by atoms with Crippen molar-refractivity contribution in [3.05, 3.63) is 24.3 Å². The average molecular weight is 310 g/mol. The monoisotopic (exact) mass is 310 g/mol. The summed E-state index contributed by atoms with van der Waals surface area (Å²) in [6.45, 7) is 2.09. The number of urea groups is 1. The Morgan fingerprint density at radius 1 is 1.55 bits per heavy atom. The van der Waals surface area contributed by atoms with Crippen LogP contribution in [-0.4, -0.2) is 48.5 Å². The number of likely N-dealkylation sites (tertiary alicyclic amines) is 1. The minimum atomic E-state index is -0.555. The number of hydrogen-bond acceptors (Lipinski definition) is 3. The second-order valence-electron chi connectivity index (χ2n) is 5.56. The molecule has 1 aliphatic heterocycles. The van der Waals surface area contributed by atoms with Crippen molar-refractivity contribution in [1.29, 1.82) is 0 Å². The molecule has 0 bridgehead atoms. The first-order chi connectivity index (χ1) is 10.7. The van der Waals surface area contributed by atoms with E-state index in [-0.39, 0.29) is 31.2 Å². The number of amides is 2. The zero-order valence-electron chi connectivity index (χ0n) is 12.8. The van der Waals surface area contributed by atoms with Crippen LogP contribution in [-0.2, 0) is 0 Å². The van der Waals surface area contributed by atoms with Crippen LogP contribution in [0.5, 0.6) is 5.75 Å². The maximum Gasteiger partial charge on any atom is 0.322 e. The van der Waals surface area contributed by atoms with Gasteiger partial charge in [-0.3, -0.25) is 0 Å². The fourth-order valence-corrected chi connectivity index (χ4v) is 2.80. The topological polar surface area (TPSA) is 61.8 Å². The number of aliphatic hydroxyl groups excluding tert-OH is 1. The van der Waals surface area contributed by atoms with Gasteiger partial charge in [-0.1, -0.05) is 13.0 Å². The third-order valence-electron chi connectivity index (χ3n) is 3.99. The predicted octanol–water partition coefficient (Wildman–Crippen LogP) is 2.66. The van der Waals surface area contributed by atoms with Crippen LogP contribution in [0.2, 0.25) is 0 Å². The summed E-state index contributed by atoms with van der Waals surface area (Å²) >= 11 is 0. The van der Waals surface area contributed by atoms with Crippen LogP contribution in [0.15, 0.2) is 24.3 Å². The number of piperidine rings is 1. The first-order valence-corrected chi connectivity index (χ1v) is 7.63. The quantitative estimate of drug-likeness (QED) is 0.879. The van der Waals surface area contributed by atoms with Crippen molar-refractivity contribution >= 4 is 11.7 Å². The number of nitrogens with one attached hydrogen (secondary N) is 1. The van der Waals surface area contributed by atoms with E-state index in [0.717, 1.165) is 12.8 Å². The van der Waals surface area contributed by atoms with Gasteiger partial charge >= 0.3 is 6.03 Å². The molecule has 1 aliphatic rings. The largest absolute Gasteiger partial charge is 0.491 e. The minimum Gasteiger partial charge on any atom is -0.491 e. The van der Waals surface area contributed by atoms with Crippen molar-refractivity contribution in [2.75, 3.05) is 31.7 Å². The molecule has 122 valence electrons. The Labute approximate surface area is 130 Å². The summed E-state index contributed by atoms with van der Waals surface area (Å²) in [6, 6.07) is 6.49.